The van der Waals surface area contributed by atoms with E-state index >= 15 is 0 Å². The summed E-state index contributed by atoms with van der Waals surface area (Å²) >= 11 is 1.19. The first-order valence-electron chi connectivity index (χ1n) is 15.0. The average molecular weight is 610 g/mol. The molecule has 0 aliphatic carbocycles. The highest BCUT2D eigenvalue weighted by Gasteiger charge is 2.26. The number of carbonyl (C=O) groups excluding carboxylic acids is 2. The van der Waals surface area contributed by atoms with E-state index in [1.807, 2.05) is 37.3 Å². The highest BCUT2D eigenvalue weighted by atomic mass is 32.1. The number of nitrogens with zero attached hydrogens (tertiary/aromatic N) is 6. The lowest BCUT2D eigenvalue weighted by molar-refractivity contribution is -0.0484. The zero-order valence-corrected chi connectivity index (χ0v) is 26.9. The first-order chi connectivity index (χ1) is 20.5. The third-order valence-electron chi connectivity index (χ3n) is 7.28. The van der Waals surface area contributed by atoms with Crippen molar-refractivity contribution in [1.82, 2.24) is 25.0 Å². The SMILES string of the molecule is CCOC(=O)c1sc(Nc2nc(-c3ccc(C(=O)N(CC)N(C(C)C)C(C)C)cc3)cc(N3CCC(O)CC3)n2)nc1C. The van der Waals surface area contributed by atoms with Crippen LogP contribution in [0, 0.1) is 6.92 Å². The molecule has 4 rings (SSSR count). The predicted molar refractivity (Wildman–Crippen MR) is 170 cm³/mol. The summed E-state index contributed by atoms with van der Waals surface area (Å²) in [5, 5.41) is 17.6. The van der Waals surface area contributed by atoms with Gasteiger partial charge in [-0.2, -0.15) is 4.98 Å². The van der Waals surface area contributed by atoms with Crippen LogP contribution in [0.25, 0.3) is 11.3 Å². The second kappa shape index (κ2) is 14.2. The number of thiazole rings is 1. The maximum absolute atomic E-state index is 13.5. The second-order valence-corrected chi connectivity index (χ2v) is 12.1. The number of aromatic nitrogens is 3. The monoisotopic (exact) mass is 609 g/mol. The molecule has 11 nitrogen and oxygen atoms in total. The molecule has 1 aliphatic heterocycles. The first kappa shape index (κ1) is 32.3. The van der Waals surface area contributed by atoms with Crippen molar-refractivity contribution in [2.24, 2.45) is 0 Å². The Kier molecular flexibility index (Phi) is 10.7. The molecular weight excluding hydrogens is 566 g/mol. The van der Waals surface area contributed by atoms with E-state index in [4.69, 9.17) is 14.7 Å². The van der Waals surface area contributed by atoms with Crippen LogP contribution >= 0.6 is 11.3 Å². The number of amides is 1. The Morgan fingerprint density at radius 2 is 1.72 bits per heavy atom. The Balaban J connectivity index is 1.65. The number of aryl methyl sites for hydroxylation is 1. The van der Waals surface area contributed by atoms with Gasteiger partial charge in [0, 0.05) is 48.9 Å². The van der Waals surface area contributed by atoms with Crippen molar-refractivity contribution in [3.8, 4) is 11.3 Å². The molecule has 0 spiro atoms. The van der Waals surface area contributed by atoms with Gasteiger partial charge in [0.2, 0.25) is 5.95 Å². The smallest absolute Gasteiger partial charge is 0.350 e. The number of anilines is 3. The van der Waals surface area contributed by atoms with Crippen LogP contribution in [0.1, 0.15) is 80.1 Å². The number of hydrazine groups is 1. The molecule has 3 heterocycles. The Labute approximate surface area is 257 Å². The molecule has 0 unspecified atom stereocenters. The molecule has 1 saturated heterocycles. The van der Waals surface area contributed by atoms with E-state index in [1.54, 1.807) is 18.9 Å². The van der Waals surface area contributed by atoms with Crippen molar-refractivity contribution in [3.05, 3.63) is 46.5 Å². The number of aliphatic hydroxyl groups excluding tert-OH is 1. The molecule has 1 fully saturated rings. The number of ether oxygens (including phenoxy) is 1. The Hall–Kier alpha value is -3.61. The highest BCUT2D eigenvalue weighted by Crippen LogP contribution is 2.30. The fraction of sp³-hybridized carbons (Fsp3) is 0.516. The van der Waals surface area contributed by atoms with Gasteiger partial charge in [-0.25, -0.2) is 19.8 Å². The molecule has 3 aromatic rings. The van der Waals surface area contributed by atoms with Gasteiger partial charge < -0.3 is 14.7 Å². The molecule has 0 bridgehead atoms. The lowest BCUT2D eigenvalue weighted by Gasteiger charge is -2.40. The minimum absolute atomic E-state index is 0.0504. The third kappa shape index (κ3) is 7.67. The quantitative estimate of drug-likeness (QED) is 0.219. The number of piperidine rings is 1. The van der Waals surface area contributed by atoms with Crippen molar-refractivity contribution >= 4 is 40.1 Å². The van der Waals surface area contributed by atoms with E-state index in [-0.39, 0.29) is 30.7 Å². The van der Waals surface area contributed by atoms with E-state index in [1.165, 1.54) is 11.3 Å². The number of benzene rings is 1. The molecule has 0 saturated carbocycles. The minimum Gasteiger partial charge on any atom is -0.462 e. The number of hydrogen-bond donors (Lipinski definition) is 2. The van der Waals surface area contributed by atoms with Crippen LogP contribution in [0.5, 0.6) is 0 Å². The van der Waals surface area contributed by atoms with Crippen LogP contribution in [0.2, 0.25) is 0 Å². The van der Waals surface area contributed by atoms with Gasteiger partial charge in [-0.05, 0) is 73.4 Å². The third-order valence-corrected chi connectivity index (χ3v) is 8.33. The fourth-order valence-corrected chi connectivity index (χ4v) is 6.18. The van der Waals surface area contributed by atoms with Crippen LogP contribution < -0.4 is 10.2 Å². The summed E-state index contributed by atoms with van der Waals surface area (Å²) < 4.78 is 5.16. The summed E-state index contributed by atoms with van der Waals surface area (Å²) in [5.74, 6) is 0.601. The number of carbonyl (C=O) groups is 2. The van der Waals surface area contributed by atoms with Crippen molar-refractivity contribution in [2.45, 2.75) is 79.5 Å². The molecule has 0 atom stereocenters. The van der Waals surface area contributed by atoms with Crippen molar-refractivity contribution in [2.75, 3.05) is 36.5 Å². The number of aliphatic hydroxyl groups is 1. The maximum atomic E-state index is 13.5. The van der Waals surface area contributed by atoms with E-state index in [9.17, 15) is 14.7 Å². The standard InChI is InChI=1S/C31H43N7O4S/c1-8-37(38(19(3)4)20(5)6)28(40)23-12-10-22(11-13-23)25-18-26(36-16-14-24(39)15-17-36)34-30(33-25)35-31-32-21(7)27(43-31)29(41)42-9-2/h10-13,18-20,24,39H,8-9,14-17H2,1-7H3,(H,32,33,34,35). The summed E-state index contributed by atoms with van der Waals surface area (Å²) in [5.41, 5.74) is 2.67. The average Bonchev–Trinajstić information content (AvgIpc) is 3.35. The number of nitrogens with one attached hydrogen (secondary N) is 1. The summed E-state index contributed by atoms with van der Waals surface area (Å²) in [6.07, 6.45) is 1.00. The zero-order chi connectivity index (χ0) is 31.3. The summed E-state index contributed by atoms with van der Waals surface area (Å²) in [6.45, 7) is 16.1. The highest BCUT2D eigenvalue weighted by molar-refractivity contribution is 7.17. The van der Waals surface area contributed by atoms with E-state index < -0.39 is 5.97 Å². The summed E-state index contributed by atoms with van der Waals surface area (Å²) in [7, 11) is 0. The van der Waals surface area contributed by atoms with Crippen LogP contribution in [0.15, 0.2) is 30.3 Å². The van der Waals surface area contributed by atoms with Gasteiger partial charge in [0.1, 0.15) is 10.7 Å². The number of esters is 1. The molecule has 1 aromatic carbocycles. The van der Waals surface area contributed by atoms with Crippen molar-refractivity contribution in [3.63, 3.8) is 0 Å². The molecule has 2 N–H and O–H groups in total. The largest absolute Gasteiger partial charge is 0.462 e. The minimum atomic E-state index is -0.408. The normalized spacial score (nSPS) is 14.1. The molecule has 1 amide bonds. The topological polar surface area (TPSA) is 124 Å². The molecule has 0 radical (unpaired) electrons. The Bertz CT molecular complexity index is 1390. The van der Waals surface area contributed by atoms with E-state index in [0.29, 0.717) is 65.4 Å². The van der Waals surface area contributed by atoms with Crippen LogP contribution in [-0.2, 0) is 4.74 Å². The van der Waals surface area contributed by atoms with Gasteiger partial charge in [0.15, 0.2) is 5.13 Å². The van der Waals surface area contributed by atoms with Crippen LogP contribution in [-0.4, -0.2) is 86.4 Å². The van der Waals surface area contributed by atoms with Gasteiger partial charge in [-0.3, -0.25) is 15.1 Å². The predicted octanol–water partition coefficient (Wildman–Crippen LogP) is 5.29. The lowest BCUT2D eigenvalue weighted by Crippen LogP contribution is -2.53. The van der Waals surface area contributed by atoms with E-state index in [2.05, 4.69) is 47.9 Å². The summed E-state index contributed by atoms with van der Waals surface area (Å²) in [6, 6.07) is 9.76. The number of hydrogen-bond acceptors (Lipinski definition) is 11. The van der Waals surface area contributed by atoms with Gasteiger partial charge in [0.05, 0.1) is 24.1 Å². The van der Waals surface area contributed by atoms with E-state index in [0.717, 1.165) is 11.4 Å². The molecule has 2 aromatic heterocycles. The van der Waals surface area contributed by atoms with Gasteiger partial charge in [-0.15, -0.1) is 0 Å². The Morgan fingerprint density at radius 1 is 1.07 bits per heavy atom. The molecular formula is C31H43N7O4S. The lowest BCUT2D eigenvalue weighted by atomic mass is 10.1. The summed E-state index contributed by atoms with van der Waals surface area (Å²) in [4.78, 5) is 42.4. The van der Waals surface area contributed by atoms with Crippen molar-refractivity contribution in [1.29, 1.82) is 0 Å². The van der Waals surface area contributed by atoms with Gasteiger partial charge >= 0.3 is 5.97 Å². The molecule has 12 heteroatoms. The molecule has 1 aliphatic rings. The maximum Gasteiger partial charge on any atom is 0.350 e. The molecule has 232 valence electrons. The zero-order valence-electron chi connectivity index (χ0n) is 26.1. The second-order valence-electron chi connectivity index (χ2n) is 11.1. The number of rotatable bonds is 11. The van der Waals surface area contributed by atoms with Gasteiger partial charge in [-0.1, -0.05) is 23.5 Å². The van der Waals surface area contributed by atoms with Crippen LogP contribution in [0.4, 0.5) is 16.9 Å². The van der Waals surface area contributed by atoms with Gasteiger partial charge in [0.25, 0.3) is 5.91 Å². The molecule has 43 heavy (non-hydrogen) atoms. The van der Waals surface area contributed by atoms with Crippen molar-refractivity contribution < 1.29 is 19.4 Å². The fourth-order valence-electron chi connectivity index (χ4n) is 5.32. The van der Waals surface area contributed by atoms with Crippen LogP contribution in [0.3, 0.4) is 0 Å². The first-order valence-corrected chi connectivity index (χ1v) is 15.8. The Morgan fingerprint density at radius 3 is 2.30 bits per heavy atom.